The summed E-state index contributed by atoms with van der Waals surface area (Å²) in [6, 6.07) is 15.6. The minimum absolute atomic E-state index is 0.00770. The fraction of sp³-hybridized carbons (Fsp3) is 0.452. The Morgan fingerprint density at radius 2 is 1.82 bits per heavy atom. The SMILES string of the molecule is CC(=O)c1ccc(NC(=O)NC2C3CC4CC2CC(C(O)CC2c5ccccc5-c5cncn52)(C4)C3)cc1. The van der Waals surface area contributed by atoms with Crippen LogP contribution in [0.25, 0.3) is 11.3 Å². The van der Waals surface area contributed by atoms with Crippen molar-refractivity contribution in [1.29, 1.82) is 0 Å². The van der Waals surface area contributed by atoms with Crippen LogP contribution in [-0.2, 0) is 0 Å². The van der Waals surface area contributed by atoms with Crippen LogP contribution in [0.4, 0.5) is 10.5 Å². The first-order valence-electron chi connectivity index (χ1n) is 13.9. The zero-order valence-corrected chi connectivity index (χ0v) is 21.6. The number of aromatic nitrogens is 2. The quantitative estimate of drug-likeness (QED) is 0.386. The number of rotatable bonds is 6. The van der Waals surface area contributed by atoms with Crippen LogP contribution in [0, 0.1) is 23.2 Å². The third-order valence-corrected chi connectivity index (χ3v) is 9.92. The van der Waals surface area contributed by atoms with Gasteiger partial charge in [-0.2, -0.15) is 0 Å². The number of hydrogen-bond acceptors (Lipinski definition) is 4. The number of ketones is 1. The van der Waals surface area contributed by atoms with E-state index in [2.05, 4.69) is 44.5 Å². The summed E-state index contributed by atoms with van der Waals surface area (Å²) in [5.74, 6) is 1.41. The van der Waals surface area contributed by atoms with Gasteiger partial charge in [-0.25, -0.2) is 9.78 Å². The molecule has 0 spiro atoms. The maximum atomic E-state index is 12.9. The van der Waals surface area contributed by atoms with Crippen molar-refractivity contribution >= 4 is 17.5 Å². The largest absolute Gasteiger partial charge is 0.392 e. The van der Waals surface area contributed by atoms with Crippen LogP contribution in [0.15, 0.2) is 61.1 Å². The minimum Gasteiger partial charge on any atom is -0.392 e. The molecule has 4 fully saturated rings. The van der Waals surface area contributed by atoms with Crippen molar-refractivity contribution in [2.75, 3.05) is 5.32 Å². The van der Waals surface area contributed by atoms with Crippen LogP contribution in [0.5, 0.6) is 0 Å². The number of nitrogens with zero attached hydrogens (tertiary/aromatic N) is 2. The fourth-order valence-corrected chi connectivity index (χ4v) is 8.47. The Morgan fingerprint density at radius 1 is 1.08 bits per heavy atom. The Morgan fingerprint density at radius 3 is 2.55 bits per heavy atom. The molecule has 4 aliphatic carbocycles. The van der Waals surface area contributed by atoms with E-state index in [1.807, 2.05) is 12.5 Å². The first-order valence-corrected chi connectivity index (χ1v) is 13.9. The number of urea groups is 1. The van der Waals surface area contributed by atoms with Crippen LogP contribution in [0.2, 0.25) is 0 Å². The topological polar surface area (TPSA) is 96.2 Å². The molecule has 3 N–H and O–H groups in total. The predicted octanol–water partition coefficient (Wildman–Crippen LogP) is 5.42. The van der Waals surface area contributed by atoms with Gasteiger partial charge in [0.15, 0.2) is 5.78 Å². The number of fused-ring (bicyclic) bond motifs is 3. The van der Waals surface area contributed by atoms with Crippen molar-refractivity contribution in [2.45, 2.75) is 63.6 Å². The summed E-state index contributed by atoms with van der Waals surface area (Å²) < 4.78 is 2.23. The molecular weight excluding hydrogens is 476 g/mol. The highest BCUT2D eigenvalue weighted by molar-refractivity contribution is 5.95. The van der Waals surface area contributed by atoms with Crippen molar-refractivity contribution in [1.82, 2.24) is 14.9 Å². The molecule has 3 aromatic rings. The van der Waals surface area contributed by atoms with E-state index in [0.717, 1.165) is 37.8 Å². The van der Waals surface area contributed by atoms with Crippen LogP contribution in [0.3, 0.4) is 0 Å². The molecule has 8 rings (SSSR count). The third kappa shape index (κ3) is 3.78. The van der Waals surface area contributed by atoms with E-state index in [1.54, 1.807) is 24.3 Å². The molecule has 7 heteroatoms. The van der Waals surface area contributed by atoms with E-state index >= 15 is 0 Å². The Kier molecular flexibility index (Phi) is 5.48. The lowest BCUT2D eigenvalue weighted by molar-refractivity contribution is -0.135. The second-order valence-corrected chi connectivity index (χ2v) is 12.1. The monoisotopic (exact) mass is 510 g/mol. The van der Waals surface area contributed by atoms with E-state index in [-0.39, 0.29) is 29.3 Å². The molecule has 4 unspecified atom stereocenters. The van der Waals surface area contributed by atoms with Crippen molar-refractivity contribution in [2.24, 2.45) is 23.2 Å². The minimum atomic E-state index is -0.392. The van der Waals surface area contributed by atoms with Gasteiger partial charge >= 0.3 is 6.03 Å². The molecule has 7 nitrogen and oxygen atoms in total. The molecule has 1 aromatic heterocycles. The summed E-state index contributed by atoms with van der Waals surface area (Å²) in [7, 11) is 0. The second kappa shape index (κ2) is 8.80. The highest BCUT2D eigenvalue weighted by Crippen LogP contribution is 2.62. The zero-order valence-electron chi connectivity index (χ0n) is 21.6. The Bertz CT molecular complexity index is 1380. The Balaban J connectivity index is 1.05. The average molecular weight is 511 g/mol. The average Bonchev–Trinajstić information content (AvgIpc) is 3.49. The fourth-order valence-electron chi connectivity index (χ4n) is 8.47. The van der Waals surface area contributed by atoms with Crippen molar-refractivity contribution in [3.63, 3.8) is 0 Å². The molecule has 2 amide bonds. The summed E-state index contributed by atoms with van der Waals surface area (Å²) in [6.07, 6.45) is 9.40. The van der Waals surface area contributed by atoms with E-state index in [9.17, 15) is 14.7 Å². The molecule has 4 atom stereocenters. The van der Waals surface area contributed by atoms with Gasteiger partial charge in [-0.1, -0.05) is 24.3 Å². The lowest BCUT2D eigenvalue weighted by atomic mass is 9.46. The second-order valence-electron chi connectivity index (χ2n) is 12.1. The molecule has 38 heavy (non-hydrogen) atoms. The van der Waals surface area contributed by atoms with Gasteiger partial charge in [0, 0.05) is 22.9 Å². The van der Waals surface area contributed by atoms with Crippen molar-refractivity contribution in [3.05, 3.63) is 72.2 Å². The number of aliphatic hydroxyl groups excluding tert-OH is 1. The van der Waals surface area contributed by atoms with Gasteiger partial charge in [-0.3, -0.25) is 4.79 Å². The van der Waals surface area contributed by atoms with Gasteiger partial charge in [0.25, 0.3) is 0 Å². The molecule has 0 saturated heterocycles. The summed E-state index contributed by atoms with van der Waals surface area (Å²) in [4.78, 5) is 28.8. The predicted molar refractivity (Wildman–Crippen MR) is 145 cm³/mol. The van der Waals surface area contributed by atoms with Gasteiger partial charge in [0.2, 0.25) is 0 Å². The molecule has 1 aliphatic heterocycles. The number of imidazole rings is 1. The highest BCUT2D eigenvalue weighted by atomic mass is 16.3. The summed E-state index contributed by atoms with van der Waals surface area (Å²) in [6.45, 7) is 1.53. The maximum absolute atomic E-state index is 12.9. The van der Waals surface area contributed by atoms with Gasteiger partial charge in [0.1, 0.15) is 0 Å². The van der Waals surface area contributed by atoms with Crippen LogP contribution >= 0.6 is 0 Å². The van der Waals surface area contributed by atoms with E-state index < -0.39 is 6.10 Å². The lowest BCUT2D eigenvalue weighted by Crippen LogP contribution is -2.62. The molecule has 196 valence electrons. The van der Waals surface area contributed by atoms with Gasteiger partial charge in [-0.05, 0) is 98.4 Å². The molecule has 4 saturated carbocycles. The number of benzene rings is 2. The molecule has 4 bridgehead atoms. The first kappa shape index (κ1) is 23.7. The number of amides is 2. The first-order chi connectivity index (χ1) is 18.4. The number of carbonyl (C=O) groups excluding carboxylic acids is 2. The number of Topliss-reactive ketones (excluding diaryl/α,β-unsaturated/α-hetero) is 1. The molecule has 0 radical (unpaired) electrons. The van der Waals surface area contributed by atoms with E-state index in [1.165, 1.54) is 18.1 Å². The standard InChI is InChI=1S/C31H34N4O3/c1-18(36)20-6-8-23(9-7-20)33-30(38)34-29-21-10-19-11-22(29)15-31(13-19,14-21)28(37)12-26-24-4-2-3-5-25(24)27-16-32-17-35(26)27/h2-9,16-17,19,21-22,26,28-29,37H,10-15H2,1H3,(H2,33,34,38). The maximum Gasteiger partial charge on any atom is 0.319 e. The van der Waals surface area contributed by atoms with E-state index in [0.29, 0.717) is 35.4 Å². The summed E-state index contributed by atoms with van der Waals surface area (Å²) >= 11 is 0. The van der Waals surface area contributed by atoms with Crippen LogP contribution in [-0.4, -0.2) is 38.6 Å². The number of hydrogen-bond donors (Lipinski definition) is 3. The molecular formula is C31H34N4O3. The van der Waals surface area contributed by atoms with Gasteiger partial charge < -0.3 is 20.3 Å². The number of aliphatic hydroxyl groups is 1. The number of anilines is 1. The lowest BCUT2D eigenvalue weighted by Gasteiger charge is -2.61. The Hall–Kier alpha value is -3.45. The molecule has 5 aliphatic rings. The van der Waals surface area contributed by atoms with Crippen LogP contribution < -0.4 is 10.6 Å². The van der Waals surface area contributed by atoms with Gasteiger partial charge in [-0.15, -0.1) is 0 Å². The normalized spacial score (nSPS) is 30.9. The summed E-state index contributed by atoms with van der Waals surface area (Å²) in [5, 5.41) is 18.1. The number of carbonyl (C=O) groups is 2. The highest BCUT2D eigenvalue weighted by Gasteiger charge is 2.58. The zero-order chi connectivity index (χ0) is 26.0. The van der Waals surface area contributed by atoms with Crippen LogP contribution in [0.1, 0.15) is 67.4 Å². The molecule has 2 aromatic carbocycles. The van der Waals surface area contributed by atoms with E-state index in [4.69, 9.17) is 0 Å². The smallest absolute Gasteiger partial charge is 0.319 e. The molecule has 2 heterocycles. The van der Waals surface area contributed by atoms with Gasteiger partial charge in [0.05, 0.1) is 30.4 Å². The Labute approximate surface area is 222 Å². The van der Waals surface area contributed by atoms with Crippen molar-refractivity contribution < 1.29 is 14.7 Å². The third-order valence-electron chi connectivity index (χ3n) is 9.92. The van der Waals surface area contributed by atoms with Crippen molar-refractivity contribution in [3.8, 4) is 11.3 Å². The summed E-state index contributed by atoms with van der Waals surface area (Å²) in [5.41, 5.74) is 4.87. The number of nitrogens with one attached hydrogen (secondary N) is 2.